The smallest absolute Gasteiger partial charge is 0.512 e. The molecule has 0 radical (unpaired) electrons. The zero-order chi connectivity index (χ0) is 13.7. The number of rotatable bonds is 5. The lowest BCUT2D eigenvalue weighted by molar-refractivity contribution is 0.288. The van der Waals surface area contributed by atoms with Gasteiger partial charge in [-0.2, -0.15) is 0 Å². The van der Waals surface area contributed by atoms with Crippen molar-refractivity contribution in [3.63, 3.8) is 0 Å². The van der Waals surface area contributed by atoms with Crippen LogP contribution in [0.5, 0.6) is 23.0 Å². The van der Waals surface area contributed by atoms with Gasteiger partial charge in [-0.25, -0.2) is 0 Å². The van der Waals surface area contributed by atoms with Gasteiger partial charge >= 0.3 is 7.32 Å². The van der Waals surface area contributed by atoms with Crippen molar-refractivity contribution in [3.05, 3.63) is 48.5 Å². The largest absolute Gasteiger partial charge is 0.707 e. The quantitative estimate of drug-likeness (QED) is 0.803. The molecule has 2 aromatic rings. The molecule has 0 amide bonds. The molecule has 98 valence electrons. The van der Waals surface area contributed by atoms with Crippen LogP contribution in [0.2, 0.25) is 0 Å². The summed E-state index contributed by atoms with van der Waals surface area (Å²) in [4.78, 5) is 0. The summed E-state index contributed by atoms with van der Waals surface area (Å²) < 4.78 is 15.5. The second kappa shape index (κ2) is 6.13. The van der Waals surface area contributed by atoms with E-state index in [1.165, 1.54) is 0 Å². The fourth-order valence-corrected chi connectivity index (χ4v) is 1.54. The number of hydrogen-bond donors (Lipinski definition) is 2. The van der Waals surface area contributed by atoms with Crippen molar-refractivity contribution in [2.45, 2.75) is 0 Å². The topological polar surface area (TPSA) is 68.2 Å². The highest BCUT2D eigenvalue weighted by Crippen LogP contribution is 2.31. The Hall–Kier alpha value is -2.18. The number of para-hydroxylation sites is 2. The van der Waals surface area contributed by atoms with Gasteiger partial charge in [0.1, 0.15) is 11.5 Å². The predicted octanol–water partition coefficient (Wildman–Crippen LogP) is 1.84. The molecule has 0 atom stereocenters. The summed E-state index contributed by atoms with van der Waals surface area (Å²) in [7, 11) is -0.261. The third kappa shape index (κ3) is 3.64. The van der Waals surface area contributed by atoms with E-state index in [1.54, 1.807) is 43.5 Å². The second-order valence-electron chi connectivity index (χ2n) is 3.67. The maximum atomic E-state index is 8.66. The summed E-state index contributed by atoms with van der Waals surface area (Å²) in [6.07, 6.45) is 0. The monoisotopic (exact) mass is 260 g/mol. The fourth-order valence-electron chi connectivity index (χ4n) is 1.54. The van der Waals surface area contributed by atoms with Gasteiger partial charge in [-0.1, -0.05) is 12.1 Å². The highest BCUT2D eigenvalue weighted by molar-refractivity contribution is 6.33. The first kappa shape index (κ1) is 13.3. The van der Waals surface area contributed by atoms with Crippen molar-refractivity contribution < 1.29 is 24.2 Å². The summed E-state index contributed by atoms with van der Waals surface area (Å²) in [5.41, 5.74) is 0. The van der Waals surface area contributed by atoms with Crippen LogP contribution in [-0.2, 0) is 0 Å². The van der Waals surface area contributed by atoms with E-state index in [0.29, 0.717) is 23.0 Å². The van der Waals surface area contributed by atoms with E-state index in [2.05, 4.69) is 0 Å². The molecule has 5 nitrogen and oxygen atoms in total. The number of methoxy groups -OCH3 is 1. The van der Waals surface area contributed by atoms with E-state index in [1.807, 2.05) is 12.1 Å². The van der Waals surface area contributed by atoms with Gasteiger partial charge in [0.25, 0.3) is 0 Å². The molecule has 0 unspecified atom stereocenters. The molecular weight excluding hydrogens is 247 g/mol. The minimum absolute atomic E-state index is 0.336. The van der Waals surface area contributed by atoms with Crippen LogP contribution < -0.4 is 14.1 Å². The third-order valence-electron chi connectivity index (χ3n) is 2.36. The van der Waals surface area contributed by atoms with Gasteiger partial charge in [-0.15, -0.1) is 0 Å². The van der Waals surface area contributed by atoms with Crippen LogP contribution in [0, 0.1) is 0 Å². The zero-order valence-corrected chi connectivity index (χ0v) is 10.3. The van der Waals surface area contributed by atoms with Gasteiger partial charge in [0.2, 0.25) is 0 Å². The van der Waals surface area contributed by atoms with Crippen LogP contribution in [0.25, 0.3) is 0 Å². The molecule has 0 aliphatic rings. The van der Waals surface area contributed by atoms with E-state index in [-0.39, 0.29) is 0 Å². The van der Waals surface area contributed by atoms with Crippen molar-refractivity contribution in [1.82, 2.24) is 0 Å². The summed E-state index contributed by atoms with van der Waals surface area (Å²) >= 11 is 0. The minimum Gasteiger partial charge on any atom is -0.512 e. The zero-order valence-electron chi connectivity index (χ0n) is 10.3. The fraction of sp³-hybridized carbons (Fsp3) is 0.0769. The Balaban J connectivity index is 2.11. The Bertz CT molecular complexity index is 527. The molecule has 0 aromatic heterocycles. The molecule has 0 fully saturated rings. The first-order valence-electron chi connectivity index (χ1n) is 5.63. The van der Waals surface area contributed by atoms with Crippen molar-refractivity contribution in [2.24, 2.45) is 0 Å². The normalized spacial score (nSPS) is 9.84. The summed E-state index contributed by atoms with van der Waals surface area (Å²) in [5, 5.41) is 17.3. The van der Waals surface area contributed by atoms with E-state index in [0.717, 1.165) is 0 Å². The molecule has 0 heterocycles. The van der Waals surface area contributed by atoms with Crippen LogP contribution in [0.15, 0.2) is 48.5 Å². The van der Waals surface area contributed by atoms with Gasteiger partial charge in [0.15, 0.2) is 11.5 Å². The molecule has 2 N–H and O–H groups in total. The van der Waals surface area contributed by atoms with Crippen molar-refractivity contribution in [3.8, 4) is 23.0 Å². The van der Waals surface area contributed by atoms with Gasteiger partial charge in [0, 0.05) is 0 Å². The summed E-state index contributed by atoms with van der Waals surface area (Å²) in [6.45, 7) is 0. The number of hydrogen-bond acceptors (Lipinski definition) is 5. The van der Waals surface area contributed by atoms with Crippen LogP contribution >= 0.6 is 0 Å². The van der Waals surface area contributed by atoms with Gasteiger partial charge in [0.05, 0.1) is 7.11 Å². The lowest BCUT2D eigenvalue weighted by Gasteiger charge is -2.10. The summed E-state index contributed by atoms with van der Waals surface area (Å²) in [6, 6.07) is 13.8. The van der Waals surface area contributed by atoms with E-state index in [9.17, 15) is 0 Å². The Morgan fingerprint density at radius 2 is 1.42 bits per heavy atom. The lowest BCUT2D eigenvalue weighted by atomic mass is 10.2. The number of ether oxygens (including phenoxy) is 2. The third-order valence-corrected chi connectivity index (χ3v) is 2.36. The first-order chi connectivity index (χ1) is 9.19. The maximum Gasteiger partial charge on any atom is 0.707 e. The molecular formula is C13H13BO5. The van der Waals surface area contributed by atoms with Crippen LogP contribution in [0.4, 0.5) is 0 Å². The maximum absolute atomic E-state index is 8.66. The molecule has 0 bridgehead atoms. The van der Waals surface area contributed by atoms with Crippen LogP contribution in [0.1, 0.15) is 0 Å². The predicted molar refractivity (Wildman–Crippen MR) is 70.3 cm³/mol. The molecule has 6 heteroatoms. The van der Waals surface area contributed by atoms with Gasteiger partial charge in [-0.05, 0) is 36.4 Å². The van der Waals surface area contributed by atoms with Crippen molar-refractivity contribution in [2.75, 3.05) is 7.11 Å². The van der Waals surface area contributed by atoms with Crippen molar-refractivity contribution >= 4 is 7.32 Å². The van der Waals surface area contributed by atoms with Crippen LogP contribution in [-0.4, -0.2) is 24.5 Å². The van der Waals surface area contributed by atoms with E-state index < -0.39 is 7.32 Å². The SMILES string of the molecule is COc1ccccc1Oc1ccc(OB(O)O)cc1. The second-order valence-corrected chi connectivity index (χ2v) is 3.67. The standard InChI is InChI=1S/C13H13BO5/c1-17-12-4-2-3-5-13(12)18-10-6-8-11(9-7-10)19-14(15)16/h2-9,15-16H,1H3. The van der Waals surface area contributed by atoms with Crippen LogP contribution in [0.3, 0.4) is 0 Å². The molecule has 2 aromatic carbocycles. The van der Waals surface area contributed by atoms with Gasteiger partial charge in [-0.3, -0.25) is 0 Å². The average molecular weight is 260 g/mol. The molecule has 2 rings (SSSR count). The van der Waals surface area contributed by atoms with E-state index in [4.69, 9.17) is 24.2 Å². The molecule has 19 heavy (non-hydrogen) atoms. The van der Waals surface area contributed by atoms with Gasteiger partial charge < -0.3 is 24.2 Å². The minimum atomic E-state index is -1.83. The van der Waals surface area contributed by atoms with Crippen molar-refractivity contribution in [1.29, 1.82) is 0 Å². The highest BCUT2D eigenvalue weighted by Gasteiger charge is 2.11. The molecule has 0 aliphatic carbocycles. The Labute approximate surface area is 111 Å². The highest BCUT2D eigenvalue weighted by atomic mass is 16.6. The Kier molecular flexibility index (Phi) is 4.28. The first-order valence-corrected chi connectivity index (χ1v) is 5.63. The number of benzene rings is 2. The lowest BCUT2D eigenvalue weighted by Crippen LogP contribution is -2.20. The molecule has 0 spiro atoms. The molecule has 0 aliphatic heterocycles. The Morgan fingerprint density at radius 3 is 2.00 bits per heavy atom. The van der Waals surface area contributed by atoms with E-state index >= 15 is 0 Å². The molecule has 0 saturated carbocycles. The Morgan fingerprint density at radius 1 is 0.842 bits per heavy atom. The molecule has 0 saturated heterocycles. The average Bonchev–Trinajstić information content (AvgIpc) is 2.41. The summed E-state index contributed by atoms with van der Waals surface area (Å²) in [5.74, 6) is 2.15.